The predicted molar refractivity (Wildman–Crippen MR) is 166 cm³/mol. The second-order valence-corrected chi connectivity index (χ2v) is 11.9. The maximum atomic E-state index is 13.5. The quantitative estimate of drug-likeness (QED) is 0.193. The molecule has 1 saturated heterocycles. The van der Waals surface area contributed by atoms with Crippen molar-refractivity contribution in [3.63, 3.8) is 0 Å². The molecule has 0 bridgehead atoms. The van der Waals surface area contributed by atoms with Gasteiger partial charge in [-0.15, -0.1) is 5.10 Å². The highest BCUT2D eigenvalue weighted by Crippen LogP contribution is 2.56. The first-order chi connectivity index (χ1) is 22.8. The molecule has 3 aliphatic rings. The number of phenolic OH excluding ortho intramolecular Hbond substituents is 1. The Hall–Kier alpha value is -5.72. The molecule has 47 heavy (non-hydrogen) atoms. The fraction of sp³-hybridized carbons (Fsp3) is 0.294. The number of esters is 1. The van der Waals surface area contributed by atoms with E-state index < -0.39 is 23.5 Å². The first-order valence-electron chi connectivity index (χ1n) is 15.1. The van der Waals surface area contributed by atoms with Crippen molar-refractivity contribution in [2.24, 2.45) is 11.8 Å². The minimum atomic E-state index is -0.601. The Morgan fingerprint density at radius 2 is 1.72 bits per heavy atom. The molecule has 13 nitrogen and oxygen atoms in total. The van der Waals surface area contributed by atoms with E-state index in [1.54, 1.807) is 22.9 Å². The molecule has 3 aromatic carbocycles. The van der Waals surface area contributed by atoms with Gasteiger partial charge in [-0.05, 0) is 60.0 Å². The van der Waals surface area contributed by atoms with Gasteiger partial charge in [0.05, 0.1) is 51.2 Å². The SMILES string of the molecule is COc1cc([C@@H]2c3cc4c(cc3[C@@H](n3cc(CNc5cc(=O)oc6ccc(C)cc56)nn3)[C@H]3COC(=O)[C@H]23)OCO4)cc(OC)c1O. The molecule has 0 spiro atoms. The summed E-state index contributed by atoms with van der Waals surface area (Å²) < 4.78 is 35.3. The molecule has 4 atom stereocenters. The summed E-state index contributed by atoms with van der Waals surface area (Å²) >= 11 is 0. The van der Waals surface area contributed by atoms with Crippen molar-refractivity contribution in [3.8, 4) is 28.7 Å². The minimum Gasteiger partial charge on any atom is -0.502 e. The molecule has 13 heteroatoms. The lowest BCUT2D eigenvalue weighted by Gasteiger charge is -2.39. The number of hydrogen-bond donors (Lipinski definition) is 2. The zero-order chi connectivity index (χ0) is 32.4. The number of methoxy groups -OCH3 is 2. The van der Waals surface area contributed by atoms with Crippen molar-refractivity contribution in [2.75, 3.05) is 32.9 Å². The van der Waals surface area contributed by atoms with E-state index in [4.69, 9.17) is 28.1 Å². The molecule has 2 aromatic heterocycles. The number of aromatic hydroxyl groups is 1. The maximum absolute atomic E-state index is 13.5. The third-order valence-electron chi connectivity index (χ3n) is 9.21. The predicted octanol–water partition coefficient (Wildman–Crippen LogP) is 4.28. The van der Waals surface area contributed by atoms with Gasteiger partial charge in [0, 0.05) is 23.3 Å². The molecule has 240 valence electrons. The fourth-order valence-electron chi connectivity index (χ4n) is 7.10. The molecule has 0 unspecified atom stereocenters. The van der Waals surface area contributed by atoms with Crippen molar-refractivity contribution in [1.29, 1.82) is 0 Å². The lowest BCUT2D eigenvalue weighted by atomic mass is 9.65. The summed E-state index contributed by atoms with van der Waals surface area (Å²) in [6.07, 6.45) is 1.83. The summed E-state index contributed by atoms with van der Waals surface area (Å²) in [5.74, 6) is -0.283. The van der Waals surface area contributed by atoms with Gasteiger partial charge < -0.3 is 38.5 Å². The number of carbonyl (C=O) groups excluding carboxylic acids is 1. The van der Waals surface area contributed by atoms with Crippen molar-refractivity contribution in [1.82, 2.24) is 15.0 Å². The summed E-state index contributed by atoms with van der Waals surface area (Å²) in [7, 11) is 2.92. The largest absolute Gasteiger partial charge is 0.502 e. The Kier molecular flexibility index (Phi) is 6.70. The molecule has 4 heterocycles. The number of nitrogens with one attached hydrogen (secondary N) is 1. The molecule has 2 aliphatic heterocycles. The van der Waals surface area contributed by atoms with Crippen molar-refractivity contribution >= 4 is 22.6 Å². The monoisotopic (exact) mass is 638 g/mol. The first kappa shape index (κ1) is 28.7. The number of cyclic esters (lactones) is 1. The second-order valence-electron chi connectivity index (χ2n) is 11.9. The zero-order valence-corrected chi connectivity index (χ0v) is 25.7. The first-order valence-corrected chi connectivity index (χ1v) is 15.1. The molecule has 0 amide bonds. The van der Waals surface area contributed by atoms with Crippen LogP contribution in [0.25, 0.3) is 11.0 Å². The second kappa shape index (κ2) is 11.0. The normalized spacial score (nSPS) is 20.9. The molecular weight excluding hydrogens is 608 g/mol. The number of phenols is 1. The highest BCUT2D eigenvalue weighted by atomic mass is 16.7. The lowest BCUT2D eigenvalue weighted by Crippen LogP contribution is -2.37. The van der Waals surface area contributed by atoms with Gasteiger partial charge >= 0.3 is 11.6 Å². The number of carbonyl (C=O) groups is 1. The number of aryl methyl sites for hydroxylation is 1. The van der Waals surface area contributed by atoms with Crippen molar-refractivity contribution in [3.05, 3.63) is 93.1 Å². The van der Waals surface area contributed by atoms with Crippen LogP contribution in [0.1, 0.15) is 39.9 Å². The van der Waals surface area contributed by atoms with Crippen LogP contribution in [-0.4, -0.2) is 53.7 Å². The average Bonchev–Trinajstić information content (AvgIpc) is 3.82. The Bertz CT molecular complexity index is 2100. The molecule has 8 rings (SSSR count). The standard InChI is InChI=1S/C34H30N4O9/c1-16-4-5-24-21(6-16)23(11-29(39)47-24)35-12-18-13-38(37-36-18)32-20-10-26-25(45-15-46-26)9-19(20)30(31-22(32)14-44-34(31)41)17-7-27(42-2)33(40)28(8-17)43-3/h4-11,13,22,30-32,35,40H,12,14-15H2,1-3H3/t22-,30+,31-,32+/m0/s1. The molecule has 5 aromatic rings. The molecule has 1 aliphatic carbocycles. The van der Waals surface area contributed by atoms with Crippen LogP contribution in [0.4, 0.5) is 5.69 Å². The number of ether oxygens (including phenoxy) is 5. The van der Waals surface area contributed by atoms with E-state index in [0.717, 1.165) is 22.1 Å². The number of rotatable bonds is 7. The smallest absolute Gasteiger partial charge is 0.338 e. The molecule has 1 fully saturated rings. The van der Waals surface area contributed by atoms with E-state index in [-0.39, 0.29) is 49.1 Å². The van der Waals surface area contributed by atoms with Gasteiger partial charge in [-0.3, -0.25) is 4.79 Å². The van der Waals surface area contributed by atoms with Crippen molar-refractivity contribution < 1.29 is 38.0 Å². The number of aromatic nitrogens is 3. The summed E-state index contributed by atoms with van der Waals surface area (Å²) in [5, 5.41) is 23.7. The Labute approximate surface area is 267 Å². The van der Waals surface area contributed by atoms with E-state index in [1.165, 1.54) is 20.3 Å². The van der Waals surface area contributed by atoms with Gasteiger partial charge in [-0.2, -0.15) is 0 Å². The number of fused-ring (bicyclic) bond motifs is 4. The van der Waals surface area contributed by atoms with Crippen LogP contribution >= 0.6 is 0 Å². The summed E-state index contributed by atoms with van der Waals surface area (Å²) in [6.45, 7) is 2.50. The average molecular weight is 639 g/mol. The molecule has 0 saturated carbocycles. The molecular formula is C34H30N4O9. The van der Waals surface area contributed by atoms with Crippen LogP contribution in [0.5, 0.6) is 28.7 Å². The van der Waals surface area contributed by atoms with Gasteiger partial charge in [0.1, 0.15) is 11.3 Å². The Balaban J connectivity index is 1.20. The van der Waals surface area contributed by atoms with E-state index in [9.17, 15) is 14.7 Å². The van der Waals surface area contributed by atoms with Gasteiger partial charge in [-0.1, -0.05) is 16.8 Å². The highest BCUT2D eigenvalue weighted by Gasteiger charge is 2.53. The summed E-state index contributed by atoms with van der Waals surface area (Å²) in [5.41, 5.74) is 4.71. The number of hydrogen-bond acceptors (Lipinski definition) is 12. The minimum absolute atomic E-state index is 0.0779. The van der Waals surface area contributed by atoms with Gasteiger partial charge in [0.15, 0.2) is 23.0 Å². The van der Waals surface area contributed by atoms with Gasteiger partial charge in [0.25, 0.3) is 0 Å². The van der Waals surface area contributed by atoms with Crippen LogP contribution in [0.15, 0.2) is 63.9 Å². The van der Waals surface area contributed by atoms with Gasteiger partial charge in [0.2, 0.25) is 12.5 Å². The van der Waals surface area contributed by atoms with E-state index in [2.05, 4.69) is 15.6 Å². The third-order valence-corrected chi connectivity index (χ3v) is 9.21. The molecule has 2 N–H and O–H groups in total. The van der Waals surface area contributed by atoms with E-state index in [0.29, 0.717) is 34.0 Å². The molecule has 0 radical (unpaired) electrons. The summed E-state index contributed by atoms with van der Waals surface area (Å²) in [4.78, 5) is 25.8. The van der Waals surface area contributed by atoms with Crippen molar-refractivity contribution in [2.45, 2.75) is 25.4 Å². The van der Waals surface area contributed by atoms with Gasteiger partial charge in [-0.25, -0.2) is 9.48 Å². The summed E-state index contributed by atoms with van der Waals surface area (Å²) in [6, 6.07) is 13.9. The van der Waals surface area contributed by atoms with Crippen LogP contribution in [0.2, 0.25) is 0 Å². The van der Waals surface area contributed by atoms with Crippen LogP contribution in [-0.2, 0) is 16.1 Å². The Morgan fingerprint density at radius 3 is 2.47 bits per heavy atom. The Morgan fingerprint density at radius 1 is 0.979 bits per heavy atom. The zero-order valence-electron chi connectivity index (χ0n) is 25.7. The fourth-order valence-corrected chi connectivity index (χ4v) is 7.10. The number of benzene rings is 3. The lowest BCUT2D eigenvalue weighted by molar-refractivity contribution is -0.141. The van der Waals surface area contributed by atoms with Crippen LogP contribution in [0.3, 0.4) is 0 Å². The highest BCUT2D eigenvalue weighted by molar-refractivity contribution is 5.90. The van der Waals surface area contributed by atoms with Crippen LogP contribution in [0, 0.1) is 18.8 Å². The van der Waals surface area contributed by atoms with E-state index in [1.807, 2.05) is 37.4 Å². The topological polar surface area (TPSA) is 156 Å². The number of anilines is 1. The number of nitrogens with zero attached hydrogens (tertiary/aromatic N) is 3. The van der Waals surface area contributed by atoms with Crippen LogP contribution < -0.4 is 29.9 Å². The third kappa shape index (κ3) is 4.68. The maximum Gasteiger partial charge on any atom is 0.338 e. The van der Waals surface area contributed by atoms with E-state index >= 15 is 0 Å².